The van der Waals surface area contributed by atoms with Crippen LogP contribution in [0.4, 0.5) is 9.18 Å². The minimum atomic E-state index is -0.828. The number of nitrogens with zero attached hydrogens (tertiary/aromatic N) is 4. The summed E-state index contributed by atoms with van der Waals surface area (Å²) in [7, 11) is 0. The molecule has 194 valence electrons. The summed E-state index contributed by atoms with van der Waals surface area (Å²) in [6.45, 7) is 8.38. The number of alkyl halides is 1. The van der Waals surface area contributed by atoms with Gasteiger partial charge in [0.25, 0.3) is 0 Å². The summed E-state index contributed by atoms with van der Waals surface area (Å²) in [4.78, 5) is 25.9. The fourth-order valence-corrected chi connectivity index (χ4v) is 5.41. The Balaban J connectivity index is 1.37. The van der Waals surface area contributed by atoms with Crippen LogP contribution in [0.3, 0.4) is 0 Å². The minimum Gasteiger partial charge on any atom is -0.472 e. The number of carbonyl (C=O) groups excluding carboxylic acids is 1. The van der Waals surface area contributed by atoms with Crippen molar-refractivity contribution in [3.8, 4) is 11.9 Å². The highest BCUT2D eigenvalue weighted by Crippen LogP contribution is 2.40. The summed E-state index contributed by atoms with van der Waals surface area (Å²) in [6.07, 6.45) is 1.77. The van der Waals surface area contributed by atoms with Gasteiger partial charge < -0.3 is 19.1 Å². The van der Waals surface area contributed by atoms with Gasteiger partial charge in [-0.1, -0.05) is 30.3 Å². The Kier molecular flexibility index (Phi) is 6.76. The molecule has 0 radical (unpaired) electrons. The molecule has 3 aliphatic heterocycles. The molecule has 9 heteroatoms. The van der Waals surface area contributed by atoms with Crippen LogP contribution in [-0.2, 0) is 24.3 Å². The highest BCUT2D eigenvalue weighted by Gasteiger charge is 2.49. The van der Waals surface area contributed by atoms with Crippen molar-refractivity contribution < 1.29 is 23.4 Å². The van der Waals surface area contributed by atoms with Gasteiger partial charge in [0, 0.05) is 25.1 Å². The van der Waals surface area contributed by atoms with E-state index >= 15 is 0 Å². The summed E-state index contributed by atoms with van der Waals surface area (Å²) in [6, 6.07) is 10.1. The Hall–Kier alpha value is -2.94. The van der Waals surface area contributed by atoms with Crippen molar-refractivity contribution in [3.63, 3.8) is 0 Å². The van der Waals surface area contributed by atoms with Crippen molar-refractivity contribution in [2.24, 2.45) is 0 Å². The maximum absolute atomic E-state index is 14.2. The van der Waals surface area contributed by atoms with Crippen molar-refractivity contribution in [3.05, 3.63) is 47.2 Å². The van der Waals surface area contributed by atoms with Crippen LogP contribution >= 0.6 is 0 Å². The van der Waals surface area contributed by atoms with Crippen LogP contribution in [0.1, 0.15) is 56.9 Å². The lowest BCUT2D eigenvalue weighted by Crippen LogP contribution is -2.43. The lowest BCUT2D eigenvalue weighted by Gasteiger charge is -2.32. The number of benzene rings is 1. The topological polar surface area (TPSA) is 77.0 Å². The molecule has 2 atom stereocenters. The third-order valence-electron chi connectivity index (χ3n) is 7.11. The van der Waals surface area contributed by atoms with Crippen LogP contribution in [0.25, 0.3) is 0 Å². The largest absolute Gasteiger partial charge is 0.472 e. The number of carbonyl (C=O) groups is 1. The second-order valence-corrected chi connectivity index (χ2v) is 11.0. The summed E-state index contributed by atoms with van der Waals surface area (Å²) >= 11 is 0. The zero-order valence-electron chi connectivity index (χ0n) is 21.3. The van der Waals surface area contributed by atoms with Gasteiger partial charge in [-0.15, -0.1) is 0 Å². The Labute approximate surface area is 211 Å². The highest BCUT2D eigenvalue weighted by atomic mass is 19.1. The molecule has 1 amide bonds. The van der Waals surface area contributed by atoms with E-state index in [-0.39, 0.29) is 24.2 Å². The van der Waals surface area contributed by atoms with Gasteiger partial charge in [0.1, 0.15) is 25.0 Å². The fraction of sp³-hybridized carbons (Fsp3) is 0.593. The maximum atomic E-state index is 14.2. The van der Waals surface area contributed by atoms with E-state index in [9.17, 15) is 9.18 Å². The number of aromatic nitrogens is 2. The molecule has 0 aliphatic carbocycles. The predicted octanol–water partition coefficient (Wildman–Crippen LogP) is 4.30. The van der Waals surface area contributed by atoms with E-state index in [0.29, 0.717) is 50.7 Å². The van der Waals surface area contributed by atoms with Crippen LogP contribution in [0.2, 0.25) is 0 Å². The van der Waals surface area contributed by atoms with E-state index in [1.807, 2.05) is 51.1 Å². The SMILES string of the molecule is CC(C)(C)OC(=O)N1CCc2c(nc(OC[C@@]34CCCN3C[C@H](F)C4)nc2OCc2ccccc2)C1. The average Bonchev–Trinajstić information content (AvgIpc) is 3.36. The van der Waals surface area contributed by atoms with Crippen LogP contribution in [-0.4, -0.2) is 69.4 Å². The zero-order valence-corrected chi connectivity index (χ0v) is 21.3. The van der Waals surface area contributed by atoms with E-state index in [2.05, 4.69) is 14.9 Å². The molecule has 8 nitrogen and oxygen atoms in total. The summed E-state index contributed by atoms with van der Waals surface area (Å²) in [5, 5.41) is 0. The van der Waals surface area contributed by atoms with Crippen LogP contribution in [0, 0.1) is 0 Å². The normalized spacial score (nSPS) is 23.8. The Morgan fingerprint density at radius 3 is 2.75 bits per heavy atom. The number of ether oxygens (including phenoxy) is 3. The van der Waals surface area contributed by atoms with E-state index in [0.717, 1.165) is 30.5 Å². The third-order valence-corrected chi connectivity index (χ3v) is 7.11. The second kappa shape index (κ2) is 9.84. The lowest BCUT2D eigenvalue weighted by atomic mass is 9.95. The molecular formula is C27H35FN4O4. The van der Waals surface area contributed by atoms with Gasteiger partial charge in [-0.2, -0.15) is 9.97 Å². The molecule has 4 heterocycles. The van der Waals surface area contributed by atoms with Crippen molar-refractivity contribution in [2.75, 3.05) is 26.2 Å². The van der Waals surface area contributed by atoms with Gasteiger partial charge in [0.15, 0.2) is 0 Å². The molecule has 3 aliphatic rings. The minimum absolute atomic E-state index is 0.200. The van der Waals surface area contributed by atoms with Gasteiger partial charge in [0.05, 0.1) is 17.8 Å². The molecule has 36 heavy (non-hydrogen) atoms. The molecule has 2 aromatic rings. The van der Waals surface area contributed by atoms with E-state index in [1.54, 1.807) is 4.90 Å². The second-order valence-electron chi connectivity index (χ2n) is 11.0. The number of amides is 1. The molecule has 1 aromatic heterocycles. The van der Waals surface area contributed by atoms with Crippen molar-refractivity contribution in [2.45, 2.75) is 76.9 Å². The number of fused-ring (bicyclic) bond motifs is 2. The van der Waals surface area contributed by atoms with Crippen molar-refractivity contribution in [1.82, 2.24) is 19.8 Å². The third kappa shape index (κ3) is 5.40. The van der Waals surface area contributed by atoms with Crippen molar-refractivity contribution in [1.29, 1.82) is 0 Å². The number of hydrogen-bond donors (Lipinski definition) is 0. The number of halogens is 1. The first kappa shape index (κ1) is 24.7. The first-order valence-corrected chi connectivity index (χ1v) is 12.8. The molecule has 0 unspecified atom stereocenters. The molecule has 0 saturated carbocycles. The predicted molar refractivity (Wildman–Crippen MR) is 132 cm³/mol. The monoisotopic (exact) mass is 498 g/mol. The Morgan fingerprint density at radius 1 is 1.17 bits per heavy atom. The van der Waals surface area contributed by atoms with E-state index in [4.69, 9.17) is 14.2 Å². The number of hydrogen-bond acceptors (Lipinski definition) is 7. The first-order chi connectivity index (χ1) is 17.2. The van der Waals surface area contributed by atoms with Gasteiger partial charge in [-0.25, -0.2) is 9.18 Å². The fourth-order valence-electron chi connectivity index (χ4n) is 5.41. The smallest absolute Gasteiger partial charge is 0.410 e. The quantitative estimate of drug-likeness (QED) is 0.588. The first-order valence-electron chi connectivity index (χ1n) is 12.8. The average molecular weight is 499 g/mol. The summed E-state index contributed by atoms with van der Waals surface area (Å²) in [5.74, 6) is 0.471. The lowest BCUT2D eigenvalue weighted by molar-refractivity contribution is 0.0218. The number of rotatable bonds is 6. The van der Waals surface area contributed by atoms with Gasteiger partial charge in [0.2, 0.25) is 5.88 Å². The molecule has 0 bridgehead atoms. The summed E-state index contributed by atoms with van der Waals surface area (Å²) < 4.78 is 32.1. The van der Waals surface area contributed by atoms with Crippen LogP contribution < -0.4 is 9.47 Å². The molecule has 1 aromatic carbocycles. The standard InChI is InChI=1S/C27H35FN4O4/c1-26(2,3)36-25(33)31-13-10-21-22(16-31)29-24(30-23(21)34-17-19-8-5-4-6-9-19)35-18-27-11-7-12-32(27)15-20(28)14-27/h4-6,8-9,20H,7,10-18H2,1-3H3/t20-,27+/m1/s1. The molecule has 2 fully saturated rings. The molecule has 0 N–H and O–H groups in total. The molecule has 2 saturated heterocycles. The zero-order chi connectivity index (χ0) is 25.3. The Bertz CT molecular complexity index is 1090. The van der Waals surface area contributed by atoms with Gasteiger partial charge in [-0.05, 0) is 52.1 Å². The summed E-state index contributed by atoms with van der Waals surface area (Å²) in [5.41, 5.74) is 1.72. The van der Waals surface area contributed by atoms with E-state index < -0.39 is 11.8 Å². The van der Waals surface area contributed by atoms with Crippen molar-refractivity contribution >= 4 is 6.09 Å². The van der Waals surface area contributed by atoms with Gasteiger partial charge in [-0.3, -0.25) is 4.90 Å². The highest BCUT2D eigenvalue weighted by molar-refractivity contribution is 5.68. The maximum Gasteiger partial charge on any atom is 0.410 e. The Morgan fingerprint density at radius 2 is 1.97 bits per heavy atom. The van der Waals surface area contributed by atoms with Crippen LogP contribution in [0.15, 0.2) is 30.3 Å². The molecule has 0 spiro atoms. The van der Waals surface area contributed by atoms with Gasteiger partial charge >= 0.3 is 12.1 Å². The van der Waals surface area contributed by atoms with Crippen LogP contribution in [0.5, 0.6) is 11.9 Å². The molecular weight excluding hydrogens is 463 g/mol. The van der Waals surface area contributed by atoms with E-state index in [1.165, 1.54) is 0 Å². The molecule has 5 rings (SSSR count).